The van der Waals surface area contributed by atoms with E-state index in [-0.39, 0.29) is 11.9 Å². The maximum Gasteiger partial charge on any atom is 0.269 e. The second kappa shape index (κ2) is 5.74. The molecule has 1 aromatic heterocycles. The van der Waals surface area contributed by atoms with Crippen LogP contribution in [0.25, 0.3) is 0 Å². The van der Waals surface area contributed by atoms with Gasteiger partial charge in [-0.3, -0.25) is 9.48 Å². The van der Waals surface area contributed by atoms with Crippen LogP contribution in [0.5, 0.6) is 0 Å². The van der Waals surface area contributed by atoms with Gasteiger partial charge in [0.05, 0.1) is 5.60 Å². The highest BCUT2D eigenvalue weighted by molar-refractivity contribution is 5.92. The lowest BCUT2D eigenvalue weighted by molar-refractivity contribution is 0.00515. The molecule has 0 saturated heterocycles. The van der Waals surface area contributed by atoms with Crippen molar-refractivity contribution in [3.63, 3.8) is 0 Å². The fraction of sp³-hybridized carbons (Fsp3) is 0.714. The summed E-state index contributed by atoms with van der Waals surface area (Å²) >= 11 is 0. The minimum atomic E-state index is -0.726. The van der Waals surface area contributed by atoms with Gasteiger partial charge in [0, 0.05) is 18.8 Å². The number of hydrogen-bond acceptors (Lipinski definition) is 3. The third kappa shape index (κ3) is 3.35. The zero-order valence-corrected chi connectivity index (χ0v) is 11.7. The Balaban J connectivity index is 1.95. The van der Waals surface area contributed by atoms with Crippen molar-refractivity contribution in [1.82, 2.24) is 15.1 Å². The van der Waals surface area contributed by atoms with Gasteiger partial charge in [-0.25, -0.2) is 0 Å². The van der Waals surface area contributed by atoms with Crippen LogP contribution in [0.1, 0.15) is 62.5 Å². The molecule has 1 fully saturated rings. The third-order valence-electron chi connectivity index (χ3n) is 3.75. The lowest BCUT2D eigenvalue weighted by Crippen LogP contribution is -2.44. The van der Waals surface area contributed by atoms with E-state index in [1.54, 1.807) is 16.9 Å². The molecule has 0 unspecified atom stereocenters. The summed E-state index contributed by atoms with van der Waals surface area (Å²) in [5, 5.41) is 17.3. The van der Waals surface area contributed by atoms with Crippen LogP contribution in [0.4, 0.5) is 0 Å². The molecule has 1 aliphatic rings. The maximum atomic E-state index is 12.1. The molecule has 1 saturated carbocycles. The van der Waals surface area contributed by atoms with Crippen LogP contribution in [-0.4, -0.2) is 32.9 Å². The summed E-state index contributed by atoms with van der Waals surface area (Å²) in [7, 11) is 0. The van der Waals surface area contributed by atoms with Crippen LogP contribution >= 0.6 is 0 Å². The summed E-state index contributed by atoms with van der Waals surface area (Å²) in [6.45, 7) is 4.30. The average Bonchev–Trinajstić information content (AvgIpc) is 2.86. The van der Waals surface area contributed by atoms with Gasteiger partial charge in [0.15, 0.2) is 0 Å². The molecule has 2 N–H and O–H groups in total. The molecule has 1 heterocycles. The Morgan fingerprint density at radius 3 is 2.79 bits per heavy atom. The van der Waals surface area contributed by atoms with E-state index in [9.17, 15) is 9.90 Å². The molecule has 1 aliphatic carbocycles. The fourth-order valence-electron chi connectivity index (χ4n) is 2.63. The highest BCUT2D eigenvalue weighted by Crippen LogP contribution is 2.27. The zero-order valence-electron chi connectivity index (χ0n) is 11.7. The van der Waals surface area contributed by atoms with E-state index in [1.807, 2.05) is 13.8 Å². The number of rotatable bonds is 4. The molecule has 0 bridgehead atoms. The number of carbonyl (C=O) groups excluding carboxylic acids is 1. The highest BCUT2D eigenvalue weighted by atomic mass is 16.3. The Hall–Kier alpha value is -1.36. The molecule has 19 heavy (non-hydrogen) atoms. The van der Waals surface area contributed by atoms with E-state index in [2.05, 4.69) is 10.4 Å². The third-order valence-corrected chi connectivity index (χ3v) is 3.75. The molecule has 1 aromatic rings. The van der Waals surface area contributed by atoms with Gasteiger partial charge in [-0.05, 0) is 32.8 Å². The summed E-state index contributed by atoms with van der Waals surface area (Å²) in [6.07, 6.45) is 6.43. The molecule has 106 valence electrons. The van der Waals surface area contributed by atoms with Gasteiger partial charge in [0.25, 0.3) is 5.91 Å². The first-order chi connectivity index (χ1) is 9.02. The first kappa shape index (κ1) is 14.1. The molecule has 5 nitrogen and oxygen atoms in total. The van der Waals surface area contributed by atoms with E-state index in [0.717, 1.165) is 25.7 Å². The second-order valence-corrected chi connectivity index (χ2v) is 5.72. The van der Waals surface area contributed by atoms with Gasteiger partial charge in [0.2, 0.25) is 0 Å². The van der Waals surface area contributed by atoms with Gasteiger partial charge in [-0.15, -0.1) is 0 Å². The highest BCUT2D eigenvalue weighted by Gasteiger charge is 2.29. The minimum absolute atomic E-state index is 0.147. The van der Waals surface area contributed by atoms with Crippen molar-refractivity contribution in [3.8, 4) is 0 Å². The van der Waals surface area contributed by atoms with Crippen molar-refractivity contribution in [3.05, 3.63) is 18.0 Å². The zero-order chi connectivity index (χ0) is 13.9. The summed E-state index contributed by atoms with van der Waals surface area (Å²) < 4.78 is 1.69. The van der Waals surface area contributed by atoms with Crippen LogP contribution in [-0.2, 0) is 0 Å². The predicted molar refractivity (Wildman–Crippen MR) is 73.0 cm³/mol. The van der Waals surface area contributed by atoms with Crippen LogP contribution < -0.4 is 5.32 Å². The van der Waals surface area contributed by atoms with Crippen LogP contribution in [0.15, 0.2) is 12.3 Å². The molecule has 0 radical (unpaired) electrons. The minimum Gasteiger partial charge on any atom is -0.388 e. The number of hydrogen-bond donors (Lipinski definition) is 2. The Labute approximate surface area is 114 Å². The normalized spacial score (nSPS) is 18.5. The summed E-state index contributed by atoms with van der Waals surface area (Å²) in [6, 6.07) is 1.86. The van der Waals surface area contributed by atoms with Crippen LogP contribution in [0, 0.1) is 0 Å². The average molecular weight is 265 g/mol. The predicted octanol–water partition coefficient (Wildman–Crippen LogP) is 1.89. The number of nitrogens with one attached hydrogen (secondary N) is 1. The SMILES string of the molecule is CC(C)n1nccc1C(=O)NCC1(O)CCCCC1. The first-order valence-electron chi connectivity index (χ1n) is 7.06. The molecular weight excluding hydrogens is 242 g/mol. The topological polar surface area (TPSA) is 67.2 Å². The Bertz CT molecular complexity index is 434. The molecule has 5 heteroatoms. The number of carbonyl (C=O) groups is 1. The lowest BCUT2D eigenvalue weighted by Gasteiger charge is -2.32. The van der Waals surface area contributed by atoms with Crippen molar-refractivity contribution in [2.75, 3.05) is 6.54 Å². The van der Waals surface area contributed by atoms with Crippen LogP contribution in [0.3, 0.4) is 0 Å². The molecular formula is C14H23N3O2. The monoisotopic (exact) mass is 265 g/mol. The van der Waals surface area contributed by atoms with Gasteiger partial charge >= 0.3 is 0 Å². The standard InChI is InChI=1S/C14H23N3O2/c1-11(2)17-12(6-9-16-17)13(18)15-10-14(19)7-4-3-5-8-14/h6,9,11,19H,3-5,7-8,10H2,1-2H3,(H,15,18). The largest absolute Gasteiger partial charge is 0.388 e. The molecule has 0 aliphatic heterocycles. The van der Waals surface area contributed by atoms with Gasteiger partial charge in [-0.1, -0.05) is 19.3 Å². The number of amides is 1. The Morgan fingerprint density at radius 2 is 2.16 bits per heavy atom. The maximum absolute atomic E-state index is 12.1. The van der Waals surface area contributed by atoms with Gasteiger partial charge < -0.3 is 10.4 Å². The molecule has 2 rings (SSSR count). The van der Waals surface area contributed by atoms with E-state index >= 15 is 0 Å². The summed E-state index contributed by atoms with van der Waals surface area (Å²) in [5.41, 5.74) is -0.175. The van der Waals surface area contributed by atoms with Crippen molar-refractivity contribution in [1.29, 1.82) is 0 Å². The van der Waals surface area contributed by atoms with Crippen molar-refractivity contribution in [2.24, 2.45) is 0 Å². The Kier molecular flexibility index (Phi) is 4.24. The van der Waals surface area contributed by atoms with E-state index in [4.69, 9.17) is 0 Å². The van der Waals surface area contributed by atoms with Crippen molar-refractivity contribution < 1.29 is 9.90 Å². The quantitative estimate of drug-likeness (QED) is 0.873. The number of aliphatic hydroxyl groups is 1. The summed E-state index contributed by atoms with van der Waals surface area (Å²) in [5.74, 6) is -0.162. The van der Waals surface area contributed by atoms with Crippen molar-refractivity contribution >= 4 is 5.91 Å². The molecule has 1 amide bonds. The van der Waals surface area contributed by atoms with E-state index in [0.29, 0.717) is 12.2 Å². The molecule has 0 atom stereocenters. The molecule has 0 aromatic carbocycles. The summed E-state index contributed by atoms with van der Waals surface area (Å²) in [4.78, 5) is 12.1. The van der Waals surface area contributed by atoms with E-state index < -0.39 is 5.60 Å². The first-order valence-corrected chi connectivity index (χ1v) is 7.06. The fourth-order valence-corrected chi connectivity index (χ4v) is 2.63. The van der Waals surface area contributed by atoms with Crippen LogP contribution in [0.2, 0.25) is 0 Å². The Morgan fingerprint density at radius 1 is 1.47 bits per heavy atom. The number of nitrogens with zero attached hydrogens (tertiary/aromatic N) is 2. The lowest BCUT2D eigenvalue weighted by atomic mass is 9.85. The second-order valence-electron chi connectivity index (χ2n) is 5.72. The van der Waals surface area contributed by atoms with Gasteiger partial charge in [-0.2, -0.15) is 5.10 Å². The smallest absolute Gasteiger partial charge is 0.269 e. The number of aromatic nitrogens is 2. The molecule has 0 spiro atoms. The van der Waals surface area contributed by atoms with E-state index in [1.165, 1.54) is 6.42 Å². The van der Waals surface area contributed by atoms with Gasteiger partial charge in [0.1, 0.15) is 5.69 Å². The van der Waals surface area contributed by atoms with Crippen molar-refractivity contribution in [2.45, 2.75) is 57.6 Å².